The predicted octanol–water partition coefficient (Wildman–Crippen LogP) is 1.64. The van der Waals surface area contributed by atoms with Gasteiger partial charge in [0.2, 0.25) is 15.8 Å². The van der Waals surface area contributed by atoms with Crippen LogP contribution < -0.4 is 19.3 Å². The molecular formula is C14H23NO5S. The molecule has 0 aliphatic rings. The highest BCUT2D eigenvalue weighted by molar-refractivity contribution is 7.89. The van der Waals surface area contributed by atoms with E-state index in [1.165, 1.54) is 14.2 Å². The molecule has 0 aliphatic heterocycles. The van der Waals surface area contributed by atoms with Crippen molar-refractivity contribution in [3.8, 4) is 17.2 Å². The lowest BCUT2D eigenvalue weighted by Crippen LogP contribution is -2.30. The van der Waals surface area contributed by atoms with E-state index >= 15 is 0 Å². The van der Waals surface area contributed by atoms with Crippen molar-refractivity contribution in [3.63, 3.8) is 0 Å². The van der Waals surface area contributed by atoms with Crippen LogP contribution in [-0.4, -0.2) is 35.0 Å². The highest BCUT2D eigenvalue weighted by Crippen LogP contribution is 2.37. The van der Waals surface area contributed by atoms with Crippen molar-refractivity contribution in [2.75, 3.05) is 26.6 Å². The van der Waals surface area contributed by atoms with Crippen molar-refractivity contribution in [2.45, 2.75) is 13.8 Å². The number of rotatable bonds is 8. The molecule has 1 aromatic carbocycles. The summed E-state index contributed by atoms with van der Waals surface area (Å²) in [7, 11) is -0.479. The number of hydrogen-bond donors (Lipinski definition) is 1. The van der Waals surface area contributed by atoms with Gasteiger partial charge in [0, 0.05) is 5.92 Å². The van der Waals surface area contributed by atoms with Gasteiger partial charge in [-0.2, -0.15) is 0 Å². The van der Waals surface area contributed by atoms with E-state index in [2.05, 4.69) is 0 Å². The molecule has 7 heteroatoms. The summed E-state index contributed by atoms with van der Waals surface area (Å²) in [5.41, 5.74) is 0. The van der Waals surface area contributed by atoms with Crippen LogP contribution >= 0.6 is 0 Å². The number of primary sulfonamides is 1. The summed E-state index contributed by atoms with van der Waals surface area (Å²) in [5.74, 6) is 1.31. The minimum Gasteiger partial charge on any atom is -0.493 e. The number of methoxy groups -OCH3 is 2. The van der Waals surface area contributed by atoms with Gasteiger partial charge >= 0.3 is 0 Å². The van der Waals surface area contributed by atoms with Gasteiger partial charge in [-0.25, -0.2) is 13.6 Å². The Morgan fingerprint density at radius 2 is 1.67 bits per heavy atom. The Hall–Kier alpha value is -1.47. The molecule has 1 unspecified atom stereocenters. The third-order valence-corrected chi connectivity index (χ3v) is 4.11. The summed E-state index contributed by atoms with van der Waals surface area (Å²) in [6.07, 6.45) is 0. The zero-order valence-electron chi connectivity index (χ0n) is 12.8. The summed E-state index contributed by atoms with van der Waals surface area (Å²) in [6.45, 7) is 4.07. The standard InChI is InChI=1S/C14H23NO5S/c1-10(2)11(9-21(15,16)17)8-20-14-12(18-3)6-5-7-13(14)19-4/h5-7,10-11H,8-9H2,1-4H3,(H2,15,16,17). The number of hydrogen-bond acceptors (Lipinski definition) is 5. The van der Waals surface area contributed by atoms with Crippen LogP contribution in [0, 0.1) is 11.8 Å². The van der Waals surface area contributed by atoms with E-state index in [1.54, 1.807) is 18.2 Å². The molecule has 21 heavy (non-hydrogen) atoms. The number of para-hydroxylation sites is 1. The molecule has 0 saturated heterocycles. The molecule has 2 N–H and O–H groups in total. The zero-order valence-corrected chi connectivity index (χ0v) is 13.6. The summed E-state index contributed by atoms with van der Waals surface area (Å²) in [4.78, 5) is 0. The lowest BCUT2D eigenvalue weighted by atomic mass is 9.99. The second-order valence-corrected chi connectivity index (χ2v) is 6.80. The molecule has 0 aliphatic carbocycles. The smallest absolute Gasteiger partial charge is 0.209 e. The van der Waals surface area contributed by atoms with Gasteiger partial charge in [0.1, 0.15) is 0 Å². The Kier molecular flexibility index (Phi) is 6.29. The second-order valence-electron chi connectivity index (χ2n) is 5.14. The number of ether oxygens (including phenoxy) is 3. The molecule has 120 valence electrons. The van der Waals surface area contributed by atoms with Crippen LogP contribution in [0.3, 0.4) is 0 Å². The Morgan fingerprint density at radius 1 is 1.14 bits per heavy atom. The molecule has 0 aromatic heterocycles. The minimum atomic E-state index is -3.55. The Labute approximate surface area is 126 Å². The molecule has 0 saturated carbocycles. The van der Waals surface area contributed by atoms with E-state index in [0.717, 1.165) is 0 Å². The average molecular weight is 317 g/mol. The molecule has 0 radical (unpaired) electrons. The molecule has 0 bridgehead atoms. The number of benzene rings is 1. The van der Waals surface area contributed by atoms with Crippen molar-refractivity contribution in [2.24, 2.45) is 17.0 Å². The molecule has 0 fully saturated rings. The molecule has 1 atom stereocenters. The SMILES string of the molecule is COc1cccc(OC)c1OCC(CS(N)(=O)=O)C(C)C. The Balaban J connectivity index is 2.90. The van der Waals surface area contributed by atoms with Crippen molar-refractivity contribution >= 4 is 10.0 Å². The van der Waals surface area contributed by atoms with E-state index in [1.807, 2.05) is 13.8 Å². The van der Waals surface area contributed by atoms with E-state index in [-0.39, 0.29) is 24.2 Å². The van der Waals surface area contributed by atoms with Crippen LogP contribution in [0.5, 0.6) is 17.2 Å². The van der Waals surface area contributed by atoms with E-state index in [0.29, 0.717) is 17.2 Å². The summed E-state index contributed by atoms with van der Waals surface area (Å²) < 4.78 is 38.8. The van der Waals surface area contributed by atoms with Crippen LogP contribution in [-0.2, 0) is 10.0 Å². The first-order chi connectivity index (χ1) is 9.78. The lowest BCUT2D eigenvalue weighted by molar-refractivity contribution is 0.208. The average Bonchev–Trinajstić information content (AvgIpc) is 2.41. The normalized spacial score (nSPS) is 13.0. The largest absolute Gasteiger partial charge is 0.493 e. The maximum absolute atomic E-state index is 11.3. The van der Waals surface area contributed by atoms with Gasteiger partial charge in [-0.05, 0) is 18.1 Å². The van der Waals surface area contributed by atoms with E-state index in [4.69, 9.17) is 19.3 Å². The molecule has 0 amide bonds. The quantitative estimate of drug-likeness (QED) is 0.787. The van der Waals surface area contributed by atoms with Gasteiger partial charge in [0.05, 0.1) is 26.6 Å². The van der Waals surface area contributed by atoms with Gasteiger partial charge in [-0.1, -0.05) is 19.9 Å². The molecule has 0 spiro atoms. The van der Waals surface area contributed by atoms with Crippen molar-refractivity contribution in [3.05, 3.63) is 18.2 Å². The maximum Gasteiger partial charge on any atom is 0.209 e. The lowest BCUT2D eigenvalue weighted by Gasteiger charge is -2.21. The van der Waals surface area contributed by atoms with Crippen LogP contribution in [0.25, 0.3) is 0 Å². The fourth-order valence-electron chi connectivity index (χ4n) is 1.88. The molecular weight excluding hydrogens is 294 g/mol. The second kappa shape index (κ2) is 7.51. The molecule has 1 aromatic rings. The van der Waals surface area contributed by atoms with Gasteiger partial charge in [-0.15, -0.1) is 0 Å². The third kappa shape index (κ3) is 5.43. The van der Waals surface area contributed by atoms with Crippen molar-refractivity contribution in [1.82, 2.24) is 0 Å². The minimum absolute atomic E-state index is 0.115. The number of sulfonamides is 1. The maximum atomic E-state index is 11.3. The fraction of sp³-hybridized carbons (Fsp3) is 0.571. The van der Waals surface area contributed by atoms with Gasteiger partial charge in [0.15, 0.2) is 11.5 Å². The van der Waals surface area contributed by atoms with Crippen LogP contribution in [0.15, 0.2) is 18.2 Å². The van der Waals surface area contributed by atoms with Gasteiger partial charge < -0.3 is 14.2 Å². The Morgan fingerprint density at radius 3 is 2.05 bits per heavy atom. The summed E-state index contributed by atoms with van der Waals surface area (Å²) in [5, 5.41) is 5.12. The summed E-state index contributed by atoms with van der Waals surface area (Å²) in [6, 6.07) is 5.29. The topological polar surface area (TPSA) is 87.8 Å². The van der Waals surface area contributed by atoms with Gasteiger partial charge in [0.25, 0.3) is 0 Å². The Bertz CT molecular complexity index is 534. The first kappa shape index (κ1) is 17.6. The highest BCUT2D eigenvalue weighted by Gasteiger charge is 2.22. The van der Waals surface area contributed by atoms with Crippen molar-refractivity contribution in [1.29, 1.82) is 0 Å². The van der Waals surface area contributed by atoms with Crippen LogP contribution in [0.2, 0.25) is 0 Å². The highest BCUT2D eigenvalue weighted by atomic mass is 32.2. The van der Waals surface area contributed by atoms with Crippen LogP contribution in [0.4, 0.5) is 0 Å². The van der Waals surface area contributed by atoms with Crippen LogP contribution in [0.1, 0.15) is 13.8 Å². The number of nitrogens with two attached hydrogens (primary N) is 1. The zero-order chi connectivity index (χ0) is 16.0. The van der Waals surface area contributed by atoms with E-state index < -0.39 is 10.0 Å². The molecule has 1 rings (SSSR count). The molecule has 0 heterocycles. The summed E-state index contributed by atoms with van der Waals surface area (Å²) >= 11 is 0. The third-order valence-electron chi connectivity index (χ3n) is 3.21. The predicted molar refractivity (Wildman–Crippen MR) is 81.3 cm³/mol. The monoisotopic (exact) mass is 317 g/mol. The first-order valence-corrected chi connectivity index (χ1v) is 8.34. The first-order valence-electron chi connectivity index (χ1n) is 6.62. The molecule has 6 nitrogen and oxygen atoms in total. The van der Waals surface area contributed by atoms with E-state index in [9.17, 15) is 8.42 Å². The fourth-order valence-corrected chi connectivity index (χ4v) is 2.96. The van der Waals surface area contributed by atoms with Crippen molar-refractivity contribution < 1.29 is 22.6 Å². The van der Waals surface area contributed by atoms with Gasteiger partial charge in [-0.3, -0.25) is 0 Å².